The molecule has 1 aromatic carbocycles. The number of thiophene rings is 1. The van der Waals surface area contributed by atoms with Gasteiger partial charge in [-0.3, -0.25) is 0 Å². The van der Waals surface area contributed by atoms with Crippen molar-refractivity contribution >= 4 is 27.4 Å². The summed E-state index contributed by atoms with van der Waals surface area (Å²) in [6, 6.07) is 4.44. The largest absolute Gasteiger partial charge is 0.477 e. The lowest BCUT2D eigenvalue weighted by Crippen LogP contribution is -1.99. The van der Waals surface area contributed by atoms with Gasteiger partial charge in [0.05, 0.1) is 0 Å². The highest BCUT2D eigenvalue weighted by molar-refractivity contribution is 7.21. The van der Waals surface area contributed by atoms with Crippen LogP contribution < -0.4 is 0 Å². The highest BCUT2D eigenvalue weighted by atomic mass is 32.1. The Morgan fingerprint density at radius 3 is 2.56 bits per heavy atom. The van der Waals surface area contributed by atoms with Gasteiger partial charge in [-0.2, -0.15) is 0 Å². The van der Waals surface area contributed by atoms with Gasteiger partial charge in [-0.1, -0.05) is 13.8 Å². The zero-order valence-electron chi connectivity index (χ0n) is 10.6. The second-order valence-corrected chi connectivity index (χ2v) is 6.33. The zero-order valence-corrected chi connectivity index (χ0v) is 11.4. The fourth-order valence-corrected chi connectivity index (χ4v) is 4.16. The maximum Gasteiger partial charge on any atom is 0.346 e. The van der Waals surface area contributed by atoms with E-state index in [1.807, 2.05) is 0 Å². The minimum atomic E-state index is -0.792. The molecule has 1 heterocycles. The van der Waals surface area contributed by atoms with Crippen molar-refractivity contribution in [3.8, 4) is 0 Å². The van der Waals surface area contributed by atoms with E-state index in [1.165, 1.54) is 28.9 Å². The summed E-state index contributed by atoms with van der Waals surface area (Å²) in [5, 5.41) is 10.5. The molecule has 0 unspecified atom stereocenters. The van der Waals surface area contributed by atoms with Gasteiger partial charge in [-0.25, -0.2) is 4.79 Å². The zero-order chi connectivity index (χ0) is 12.9. The number of hydrogen-bond acceptors (Lipinski definition) is 2. The molecule has 1 aromatic heterocycles. The van der Waals surface area contributed by atoms with Crippen LogP contribution in [0.5, 0.6) is 0 Å². The molecule has 0 bridgehead atoms. The molecule has 0 atom stereocenters. The van der Waals surface area contributed by atoms with Crippen LogP contribution in [-0.2, 0) is 12.8 Å². The van der Waals surface area contributed by atoms with Crippen LogP contribution in [0.2, 0.25) is 0 Å². The first-order valence-electron chi connectivity index (χ1n) is 6.39. The highest BCUT2D eigenvalue weighted by Gasteiger charge is 2.22. The van der Waals surface area contributed by atoms with Crippen molar-refractivity contribution in [3.05, 3.63) is 33.7 Å². The average Bonchev–Trinajstić information content (AvgIpc) is 2.87. The standard InChI is InChI=1S/C15H16O2S/c1-8(2)13-11-6-9-4-3-5-10(9)7-12(11)18-14(13)15(16)17/h6-8H,3-5H2,1-2H3,(H,16,17). The monoisotopic (exact) mass is 260 g/mol. The average molecular weight is 260 g/mol. The van der Waals surface area contributed by atoms with Crippen molar-refractivity contribution in [2.24, 2.45) is 0 Å². The number of fused-ring (bicyclic) bond motifs is 2. The third-order valence-corrected chi connectivity index (χ3v) is 4.87. The molecule has 0 radical (unpaired) electrons. The predicted octanol–water partition coefficient (Wildman–Crippen LogP) is 4.21. The molecule has 0 amide bonds. The van der Waals surface area contributed by atoms with Gasteiger partial charge in [0.25, 0.3) is 0 Å². The Labute approximate surface area is 110 Å². The summed E-state index contributed by atoms with van der Waals surface area (Å²) in [6.07, 6.45) is 3.51. The van der Waals surface area contributed by atoms with E-state index < -0.39 is 5.97 Å². The molecule has 1 N–H and O–H groups in total. The molecule has 3 rings (SSSR count). The summed E-state index contributed by atoms with van der Waals surface area (Å²) in [7, 11) is 0. The van der Waals surface area contributed by atoms with Gasteiger partial charge in [-0.15, -0.1) is 11.3 Å². The van der Waals surface area contributed by atoms with E-state index in [4.69, 9.17) is 0 Å². The van der Waals surface area contributed by atoms with E-state index in [0.29, 0.717) is 4.88 Å². The molecule has 18 heavy (non-hydrogen) atoms. The van der Waals surface area contributed by atoms with Gasteiger partial charge in [-0.05, 0) is 59.4 Å². The van der Waals surface area contributed by atoms with E-state index in [0.717, 1.165) is 28.5 Å². The van der Waals surface area contributed by atoms with Gasteiger partial charge >= 0.3 is 5.97 Å². The van der Waals surface area contributed by atoms with Crippen molar-refractivity contribution in [2.45, 2.75) is 39.0 Å². The number of hydrogen-bond donors (Lipinski definition) is 1. The third-order valence-electron chi connectivity index (χ3n) is 3.71. The first kappa shape index (κ1) is 11.7. The lowest BCUT2D eigenvalue weighted by atomic mass is 9.97. The summed E-state index contributed by atoms with van der Waals surface area (Å²) < 4.78 is 1.14. The molecular formula is C15H16O2S. The van der Waals surface area contributed by atoms with Crippen molar-refractivity contribution in [3.63, 3.8) is 0 Å². The van der Waals surface area contributed by atoms with E-state index >= 15 is 0 Å². The van der Waals surface area contributed by atoms with E-state index in [9.17, 15) is 9.90 Å². The molecule has 0 spiro atoms. The maximum atomic E-state index is 11.4. The maximum absolute atomic E-state index is 11.4. The van der Waals surface area contributed by atoms with Crippen molar-refractivity contribution < 1.29 is 9.90 Å². The third kappa shape index (κ3) is 1.65. The van der Waals surface area contributed by atoms with Gasteiger partial charge in [0, 0.05) is 4.70 Å². The van der Waals surface area contributed by atoms with Gasteiger partial charge in [0.1, 0.15) is 4.88 Å². The lowest BCUT2D eigenvalue weighted by molar-refractivity contribution is 0.0701. The molecule has 0 fully saturated rings. The molecule has 0 saturated carbocycles. The summed E-state index contributed by atoms with van der Waals surface area (Å²) in [6.45, 7) is 4.14. The van der Waals surface area contributed by atoms with Crippen LogP contribution >= 0.6 is 11.3 Å². The SMILES string of the molecule is CC(C)c1c(C(=O)O)sc2cc3c(cc12)CCC3. The minimum Gasteiger partial charge on any atom is -0.477 e. The quantitative estimate of drug-likeness (QED) is 0.878. The second-order valence-electron chi connectivity index (χ2n) is 5.28. The number of aromatic carboxylic acids is 1. The summed E-state index contributed by atoms with van der Waals surface area (Å²) in [4.78, 5) is 11.9. The summed E-state index contributed by atoms with van der Waals surface area (Å²) in [5.74, 6) is -0.538. The van der Waals surface area contributed by atoms with Crippen LogP contribution in [0.25, 0.3) is 10.1 Å². The molecule has 2 nitrogen and oxygen atoms in total. The number of carbonyl (C=O) groups is 1. The molecule has 94 valence electrons. The van der Waals surface area contributed by atoms with Crippen molar-refractivity contribution in [1.82, 2.24) is 0 Å². The lowest BCUT2D eigenvalue weighted by Gasteiger charge is -2.06. The first-order valence-corrected chi connectivity index (χ1v) is 7.21. The van der Waals surface area contributed by atoms with Crippen LogP contribution in [0, 0.1) is 0 Å². The van der Waals surface area contributed by atoms with Gasteiger partial charge < -0.3 is 5.11 Å². The number of carboxylic acids is 1. The molecule has 3 heteroatoms. The Bertz CT molecular complexity index is 637. The Hall–Kier alpha value is -1.35. The van der Waals surface area contributed by atoms with Crippen molar-refractivity contribution in [2.75, 3.05) is 0 Å². The molecule has 1 aliphatic rings. The van der Waals surface area contributed by atoms with Gasteiger partial charge in [0.2, 0.25) is 0 Å². The highest BCUT2D eigenvalue weighted by Crippen LogP contribution is 2.39. The summed E-state index contributed by atoms with van der Waals surface area (Å²) >= 11 is 1.43. The molecule has 0 saturated heterocycles. The minimum absolute atomic E-state index is 0.254. The fraction of sp³-hybridized carbons (Fsp3) is 0.400. The van der Waals surface area contributed by atoms with E-state index in [2.05, 4.69) is 26.0 Å². The Kier molecular flexibility index (Phi) is 2.67. The smallest absolute Gasteiger partial charge is 0.346 e. The number of rotatable bonds is 2. The number of carboxylic acid groups (broad SMARTS) is 1. The number of benzene rings is 1. The van der Waals surface area contributed by atoms with Crippen LogP contribution in [0.3, 0.4) is 0 Å². The Morgan fingerprint density at radius 2 is 1.94 bits per heavy atom. The van der Waals surface area contributed by atoms with Crippen LogP contribution in [0.4, 0.5) is 0 Å². The fourth-order valence-electron chi connectivity index (χ4n) is 2.92. The predicted molar refractivity (Wildman–Crippen MR) is 74.9 cm³/mol. The van der Waals surface area contributed by atoms with Crippen LogP contribution in [0.1, 0.15) is 52.5 Å². The van der Waals surface area contributed by atoms with Crippen LogP contribution in [0.15, 0.2) is 12.1 Å². The molecule has 2 aromatic rings. The van der Waals surface area contributed by atoms with Gasteiger partial charge in [0.15, 0.2) is 0 Å². The van der Waals surface area contributed by atoms with E-state index in [1.54, 1.807) is 0 Å². The van der Waals surface area contributed by atoms with E-state index in [-0.39, 0.29) is 5.92 Å². The molecular weight excluding hydrogens is 244 g/mol. The topological polar surface area (TPSA) is 37.3 Å². The number of aryl methyl sites for hydroxylation is 2. The molecule has 0 aliphatic heterocycles. The van der Waals surface area contributed by atoms with Crippen molar-refractivity contribution in [1.29, 1.82) is 0 Å². The van der Waals surface area contributed by atoms with Crippen LogP contribution in [-0.4, -0.2) is 11.1 Å². The Morgan fingerprint density at radius 1 is 1.28 bits per heavy atom. The first-order chi connectivity index (χ1) is 8.58. The second kappa shape index (κ2) is 4.09. The Balaban J connectivity index is 2.33. The normalized spacial score (nSPS) is 14.4. The molecule has 1 aliphatic carbocycles. The summed E-state index contributed by atoms with van der Waals surface area (Å²) in [5.41, 5.74) is 3.84.